The lowest BCUT2D eigenvalue weighted by molar-refractivity contribution is -0.130. The molecule has 2 aromatic carbocycles. The number of carbonyl (C=O) groups is 1. The molecule has 0 fully saturated rings. The van der Waals surface area contributed by atoms with Gasteiger partial charge >= 0.3 is 0 Å². The van der Waals surface area contributed by atoms with Gasteiger partial charge in [-0.3, -0.25) is 4.79 Å². The van der Waals surface area contributed by atoms with Crippen molar-refractivity contribution in [3.8, 4) is 11.5 Å². The van der Waals surface area contributed by atoms with Crippen LogP contribution in [0.4, 0.5) is 0 Å². The standard InChI is InChI=1S/C22H23N5O3S/c1-26-14-23-24-22(26)31-13-21(28)27-20(16-6-10-18(30-3)11-7-16)12-19(25-27)15-4-8-17(29-2)9-5-15/h4-11,14,20H,12-13H2,1-3H3/t20-/m0/s1. The topological polar surface area (TPSA) is 81.8 Å². The maximum Gasteiger partial charge on any atom is 0.253 e. The Morgan fingerprint density at radius 1 is 1.06 bits per heavy atom. The van der Waals surface area contributed by atoms with Gasteiger partial charge < -0.3 is 14.0 Å². The van der Waals surface area contributed by atoms with Crippen LogP contribution in [-0.2, 0) is 11.8 Å². The van der Waals surface area contributed by atoms with Crippen LogP contribution >= 0.6 is 11.8 Å². The number of ether oxygens (including phenoxy) is 2. The minimum atomic E-state index is -0.185. The van der Waals surface area contributed by atoms with Gasteiger partial charge in [-0.2, -0.15) is 5.10 Å². The number of carbonyl (C=O) groups excluding carboxylic acids is 1. The highest BCUT2D eigenvalue weighted by molar-refractivity contribution is 7.99. The van der Waals surface area contributed by atoms with Gasteiger partial charge in [0.05, 0.1) is 31.7 Å². The summed E-state index contributed by atoms with van der Waals surface area (Å²) in [7, 11) is 5.12. The first-order chi connectivity index (χ1) is 15.1. The summed E-state index contributed by atoms with van der Waals surface area (Å²) in [5.41, 5.74) is 2.83. The summed E-state index contributed by atoms with van der Waals surface area (Å²) in [4.78, 5) is 13.1. The molecule has 3 aromatic rings. The highest BCUT2D eigenvalue weighted by Crippen LogP contribution is 2.34. The van der Waals surface area contributed by atoms with Gasteiger partial charge in [-0.05, 0) is 47.5 Å². The molecule has 0 saturated heterocycles. The fourth-order valence-electron chi connectivity index (χ4n) is 3.38. The average Bonchev–Trinajstić information content (AvgIpc) is 3.44. The number of methoxy groups -OCH3 is 2. The monoisotopic (exact) mass is 437 g/mol. The highest BCUT2D eigenvalue weighted by Gasteiger charge is 2.33. The molecule has 1 aliphatic rings. The van der Waals surface area contributed by atoms with Gasteiger partial charge in [-0.15, -0.1) is 10.2 Å². The zero-order valence-corrected chi connectivity index (χ0v) is 18.4. The third-order valence-electron chi connectivity index (χ3n) is 5.08. The van der Waals surface area contributed by atoms with E-state index < -0.39 is 0 Å². The molecule has 4 rings (SSSR count). The van der Waals surface area contributed by atoms with Crippen LogP contribution in [0.2, 0.25) is 0 Å². The van der Waals surface area contributed by atoms with Gasteiger partial charge in [0.25, 0.3) is 5.91 Å². The number of amides is 1. The molecule has 0 unspecified atom stereocenters. The number of hydrazone groups is 1. The maximum absolute atomic E-state index is 13.1. The Morgan fingerprint density at radius 3 is 2.29 bits per heavy atom. The number of nitrogens with zero attached hydrogens (tertiary/aromatic N) is 5. The summed E-state index contributed by atoms with van der Waals surface area (Å²) in [6.07, 6.45) is 2.24. The van der Waals surface area contributed by atoms with E-state index in [-0.39, 0.29) is 17.7 Å². The van der Waals surface area contributed by atoms with E-state index in [1.54, 1.807) is 30.1 Å². The molecule has 2 heterocycles. The molecule has 0 spiro atoms. The van der Waals surface area contributed by atoms with Crippen LogP contribution in [-0.4, -0.2) is 51.4 Å². The molecule has 1 amide bonds. The Kier molecular flexibility index (Phi) is 6.22. The van der Waals surface area contributed by atoms with Gasteiger partial charge in [-0.25, -0.2) is 5.01 Å². The smallest absolute Gasteiger partial charge is 0.253 e. The van der Waals surface area contributed by atoms with Crippen LogP contribution in [0, 0.1) is 0 Å². The number of benzene rings is 2. The van der Waals surface area contributed by atoms with Crippen LogP contribution < -0.4 is 9.47 Å². The quantitative estimate of drug-likeness (QED) is 0.528. The van der Waals surface area contributed by atoms with Crippen molar-refractivity contribution >= 4 is 23.4 Å². The predicted octanol–water partition coefficient (Wildman–Crippen LogP) is 3.30. The van der Waals surface area contributed by atoms with E-state index in [0.717, 1.165) is 28.3 Å². The van der Waals surface area contributed by atoms with Crippen LogP contribution in [0.1, 0.15) is 23.6 Å². The molecule has 160 valence electrons. The average molecular weight is 438 g/mol. The third-order valence-corrected chi connectivity index (χ3v) is 6.10. The number of thioether (sulfide) groups is 1. The molecule has 0 radical (unpaired) electrons. The van der Waals surface area contributed by atoms with E-state index in [9.17, 15) is 4.79 Å². The number of hydrogen-bond acceptors (Lipinski definition) is 7. The lowest BCUT2D eigenvalue weighted by atomic mass is 9.98. The zero-order valence-electron chi connectivity index (χ0n) is 17.6. The second-order valence-corrected chi connectivity index (χ2v) is 7.96. The molecule has 0 bridgehead atoms. The zero-order chi connectivity index (χ0) is 21.8. The molecule has 1 aliphatic heterocycles. The van der Waals surface area contributed by atoms with Crippen molar-refractivity contribution < 1.29 is 14.3 Å². The Hall–Kier alpha value is -3.33. The van der Waals surface area contributed by atoms with Crippen molar-refractivity contribution in [2.24, 2.45) is 12.1 Å². The largest absolute Gasteiger partial charge is 0.497 e. The van der Waals surface area contributed by atoms with Crippen molar-refractivity contribution in [1.82, 2.24) is 19.8 Å². The lowest BCUT2D eigenvalue weighted by Crippen LogP contribution is -2.28. The van der Waals surface area contributed by atoms with Crippen LogP contribution in [0.5, 0.6) is 11.5 Å². The second kappa shape index (κ2) is 9.22. The summed E-state index contributed by atoms with van der Waals surface area (Å²) in [6.45, 7) is 0. The van der Waals surface area contributed by atoms with Gasteiger partial charge in [0.15, 0.2) is 5.16 Å². The lowest BCUT2D eigenvalue weighted by Gasteiger charge is -2.22. The summed E-state index contributed by atoms with van der Waals surface area (Å²) < 4.78 is 12.3. The molecule has 0 saturated carbocycles. The molecular weight excluding hydrogens is 414 g/mol. The molecule has 31 heavy (non-hydrogen) atoms. The van der Waals surface area contributed by atoms with E-state index in [0.29, 0.717) is 11.6 Å². The van der Waals surface area contributed by atoms with Crippen molar-refractivity contribution in [3.05, 3.63) is 66.0 Å². The number of aryl methyl sites for hydroxylation is 1. The Morgan fingerprint density at radius 2 is 1.71 bits per heavy atom. The van der Waals surface area contributed by atoms with Crippen molar-refractivity contribution in [1.29, 1.82) is 0 Å². The fraction of sp³-hybridized carbons (Fsp3) is 0.273. The minimum absolute atomic E-state index is 0.0858. The Bertz CT molecular complexity index is 1080. The second-order valence-electron chi connectivity index (χ2n) is 7.02. The molecule has 1 atom stereocenters. The van der Waals surface area contributed by atoms with Gasteiger partial charge in [0.2, 0.25) is 0 Å². The van der Waals surface area contributed by atoms with Crippen molar-refractivity contribution in [3.63, 3.8) is 0 Å². The number of hydrogen-bond donors (Lipinski definition) is 0. The van der Waals surface area contributed by atoms with Crippen LogP contribution in [0.25, 0.3) is 0 Å². The third kappa shape index (κ3) is 4.56. The van der Waals surface area contributed by atoms with Crippen molar-refractivity contribution in [2.45, 2.75) is 17.6 Å². The highest BCUT2D eigenvalue weighted by atomic mass is 32.2. The maximum atomic E-state index is 13.1. The fourth-order valence-corrected chi connectivity index (χ4v) is 4.12. The summed E-state index contributed by atoms with van der Waals surface area (Å²) >= 11 is 1.35. The van der Waals surface area contributed by atoms with Crippen LogP contribution in [0.15, 0.2) is 65.1 Å². The molecule has 1 aromatic heterocycles. The van der Waals surface area contributed by atoms with E-state index >= 15 is 0 Å². The summed E-state index contributed by atoms with van der Waals surface area (Å²) in [6, 6.07) is 15.3. The first-order valence-electron chi connectivity index (χ1n) is 9.73. The number of rotatable bonds is 7. The SMILES string of the molecule is COc1ccc(C2=NN(C(=O)CSc3nncn3C)[C@H](c3ccc(OC)cc3)C2)cc1. The van der Waals surface area contributed by atoms with E-state index in [2.05, 4.69) is 10.2 Å². The first kappa shape index (κ1) is 20.9. The Balaban J connectivity index is 1.59. The van der Waals surface area contributed by atoms with E-state index in [1.165, 1.54) is 11.8 Å². The molecular formula is C22H23N5O3S. The molecule has 9 heteroatoms. The van der Waals surface area contributed by atoms with Gasteiger partial charge in [0.1, 0.15) is 17.8 Å². The minimum Gasteiger partial charge on any atom is -0.497 e. The van der Waals surface area contributed by atoms with Gasteiger partial charge in [0, 0.05) is 13.5 Å². The first-order valence-corrected chi connectivity index (χ1v) is 10.7. The summed E-state index contributed by atoms with van der Waals surface area (Å²) in [5.74, 6) is 1.69. The Labute approximate surface area is 184 Å². The molecule has 0 aliphatic carbocycles. The summed E-state index contributed by atoms with van der Waals surface area (Å²) in [5, 5.41) is 14.9. The van der Waals surface area contributed by atoms with Gasteiger partial charge in [-0.1, -0.05) is 23.9 Å². The number of aromatic nitrogens is 3. The molecule has 8 nitrogen and oxygen atoms in total. The van der Waals surface area contributed by atoms with Crippen molar-refractivity contribution in [2.75, 3.05) is 20.0 Å². The van der Waals surface area contributed by atoms with E-state index in [1.807, 2.05) is 55.6 Å². The molecule has 0 N–H and O–H groups in total. The normalized spacial score (nSPS) is 15.6. The van der Waals surface area contributed by atoms with Crippen LogP contribution in [0.3, 0.4) is 0 Å². The van der Waals surface area contributed by atoms with E-state index in [4.69, 9.17) is 14.6 Å². The predicted molar refractivity (Wildman–Crippen MR) is 118 cm³/mol.